The monoisotopic (exact) mass is 348 g/mol. The van der Waals surface area contributed by atoms with Crippen molar-refractivity contribution >= 4 is 0 Å². The number of nitrogens with zero attached hydrogens (tertiary/aromatic N) is 2. The van der Waals surface area contributed by atoms with Gasteiger partial charge in [-0.15, -0.1) is 0 Å². The lowest BCUT2D eigenvalue weighted by Crippen LogP contribution is -2.31. The number of aryl methyl sites for hydroxylation is 2. The van der Waals surface area contributed by atoms with Crippen molar-refractivity contribution in [1.82, 2.24) is 10.1 Å². The number of methoxy groups -OCH3 is 1. The highest BCUT2D eigenvalue weighted by Crippen LogP contribution is 2.37. The molecule has 0 aliphatic carbocycles. The Kier molecular flexibility index (Phi) is 4.29. The van der Waals surface area contributed by atoms with E-state index in [0.717, 1.165) is 35.9 Å². The molecule has 4 heteroatoms. The van der Waals surface area contributed by atoms with Crippen molar-refractivity contribution in [2.75, 3.05) is 20.7 Å². The normalized spacial score (nSPS) is 17.2. The molecule has 3 aromatic rings. The molecule has 0 bridgehead atoms. The van der Waals surface area contributed by atoms with Crippen molar-refractivity contribution in [1.29, 1.82) is 0 Å². The molecular formula is C22H24N2O2. The number of ether oxygens (including phenoxy) is 1. The summed E-state index contributed by atoms with van der Waals surface area (Å²) in [5, 5.41) is 4.10. The second-order valence-electron chi connectivity index (χ2n) is 7.14. The average Bonchev–Trinajstić information content (AvgIpc) is 2.99. The molecule has 0 spiro atoms. The van der Waals surface area contributed by atoms with Crippen molar-refractivity contribution in [3.05, 3.63) is 70.6 Å². The van der Waals surface area contributed by atoms with Crippen LogP contribution < -0.4 is 4.74 Å². The zero-order valence-corrected chi connectivity index (χ0v) is 15.7. The van der Waals surface area contributed by atoms with Crippen LogP contribution in [0.1, 0.15) is 34.1 Å². The largest absolute Gasteiger partial charge is 0.497 e. The Morgan fingerprint density at radius 3 is 2.54 bits per heavy atom. The minimum absolute atomic E-state index is 0.369. The van der Waals surface area contributed by atoms with Crippen LogP contribution >= 0.6 is 0 Å². The molecule has 1 aliphatic heterocycles. The SMILES string of the molecule is COc1ccc([C@H]2CN(C)Cc3cc(-c4c(C)noc4C)ccc32)cc1. The van der Waals surface area contributed by atoms with Gasteiger partial charge in [0.2, 0.25) is 0 Å². The third-order valence-corrected chi connectivity index (χ3v) is 5.29. The number of hydrogen-bond donors (Lipinski definition) is 0. The maximum atomic E-state index is 5.35. The van der Waals surface area contributed by atoms with E-state index in [1.54, 1.807) is 7.11 Å². The minimum Gasteiger partial charge on any atom is -0.497 e. The van der Waals surface area contributed by atoms with Gasteiger partial charge in [0.25, 0.3) is 0 Å². The van der Waals surface area contributed by atoms with E-state index in [1.807, 2.05) is 26.0 Å². The van der Waals surface area contributed by atoms with Gasteiger partial charge in [-0.1, -0.05) is 29.4 Å². The summed E-state index contributed by atoms with van der Waals surface area (Å²) in [5.74, 6) is 2.14. The lowest BCUT2D eigenvalue weighted by Gasteiger charge is -2.33. The molecule has 0 radical (unpaired) electrons. The number of likely N-dealkylation sites (N-methyl/N-ethyl adjacent to an activating group) is 1. The highest BCUT2D eigenvalue weighted by atomic mass is 16.5. The predicted molar refractivity (Wildman–Crippen MR) is 103 cm³/mol. The fourth-order valence-corrected chi connectivity index (χ4v) is 4.02. The van der Waals surface area contributed by atoms with E-state index in [2.05, 4.69) is 47.4 Å². The van der Waals surface area contributed by atoms with Crippen molar-refractivity contribution in [3.63, 3.8) is 0 Å². The second kappa shape index (κ2) is 6.61. The van der Waals surface area contributed by atoms with Gasteiger partial charge in [-0.3, -0.25) is 0 Å². The van der Waals surface area contributed by atoms with Crippen molar-refractivity contribution < 1.29 is 9.26 Å². The Balaban J connectivity index is 1.76. The third-order valence-electron chi connectivity index (χ3n) is 5.29. The summed E-state index contributed by atoms with van der Waals surface area (Å²) in [6.07, 6.45) is 0. The van der Waals surface area contributed by atoms with E-state index < -0.39 is 0 Å². The molecule has 26 heavy (non-hydrogen) atoms. The second-order valence-corrected chi connectivity index (χ2v) is 7.14. The highest BCUT2D eigenvalue weighted by molar-refractivity contribution is 5.69. The molecule has 4 nitrogen and oxygen atoms in total. The predicted octanol–water partition coefficient (Wildman–Crippen LogP) is 4.54. The zero-order chi connectivity index (χ0) is 18.3. The maximum Gasteiger partial charge on any atom is 0.141 e. The summed E-state index contributed by atoms with van der Waals surface area (Å²) < 4.78 is 10.7. The van der Waals surface area contributed by atoms with Crippen LogP contribution in [-0.4, -0.2) is 30.8 Å². The number of hydrogen-bond acceptors (Lipinski definition) is 4. The molecule has 1 atom stereocenters. The van der Waals surface area contributed by atoms with E-state index in [-0.39, 0.29) is 0 Å². The van der Waals surface area contributed by atoms with Gasteiger partial charge >= 0.3 is 0 Å². The molecule has 0 saturated heterocycles. The average molecular weight is 348 g/mol. The van der Waals surface area contributed by atoms with E-state index in [4.69, 9.17) is 9.26 Å². The molecule has 134 valence electrons. The molecule has 0 amide bonds. The maximum absolute atomic E-state index is 5.35. The first kappa shape index (κ1) is 16.9. The number of aromatic nitrogens is 1. The molecule has 2 heterocycles. The summed E-state index contributed by atoms with van der Waals surface area (Å²) in [6, 6.07) is 15.2. The van der Waals surface area contributed by atoms with E-state index in [1.165, 1.54) is 22.3 Å². The van der Waals surface area contributed by atoms with Gasteiger partial charge < -0.3 is 14.2 Å². The minimum atomic E-state index is 0.369. The molecule has 1 aliphatic rings. The van der Waals surface area contributed by atoms with E-state index >= 15 is 0 Å². The van der Waals surface area contributed by atoms with E-state index in [0.29, 0.717) is 5.92 Å². The van der Waals surface area contributed by atoms with Crippen molar-refractivity contribution in [2.24, 2.45) is 0 Å². The van der Waals surface area contributed by atoms with Crippen LogP contribution in [0.25, 0.3) is 11.1 Å². The lowest BCUT2D eigenvalue weighted by atomic mass is 9.83. The number of rotatable bonds is 3. The first-order valence-electron chi connectivity index (χ1n) is 8.95. The van der Waals surface area contributed by atoms with Crippen LogP contribution in [0.3, 0.4) is 0 Å². The van der Waals surface area contributed by atoms with Crippen LogP contribution in [0.15, 0.2) is 47.0 Å². The molecule has 0 unspecified atom stereocenters. The summed E-state index contributed by atoms with van der Waals surface area (Å²) in [6.45, 7) is 5.95. The van der Waals surface area contributed by atoms with Crippen LogP contribution in [0, 0.1) is 13.8 Å². The molecule has 0 fully saturated rings. The Hall–Kier alpha value is -2.59. The number of benzene rings is 2. The molecule has 1 aromatic heterocycles. The fourth-order valence-electron chi connectivity index (χ4n) is 4.02. The molecule has 4 rings (SSSR count). The van der Waals surface area contributed by atoms with Crippen LogP contribution in [0.5, 0.6) is 5.75 Å². The zero-order valence-electron chi connectivity index (χ0n) is 15.7. The van der Waals surface area contributed by atoms with Gasteiger partial charge in [-0.05, 0) is 61.3 Å². The van der Waals surface area contributed by atoms with Crippen molar-refractivity contribution in [2.45, 2.75) is 26.3 Å². The van der Waals surface area contributed by atoms with Crippen LogP contribution in [0.2, 0.25) is 0 Å². The van der Waals surface area contributed by atoms with Gasteiger partial charge in [-0.25, -0.2) is 0 Å². The summed E-state index contributed by atoms with van der Waals surface area (Å²) in [4.78, 5) is 2.38. The molecular weight excluding hydrogens is 324 g/mol. The van der Waals surface area contributed by atoms with Crippen molar-refractivity contribution in [3.8, 4) is 16.9 Å². The molecule has 0 N–H and O–H groups in total. The Morgan fingerprint density at radius 1 is 1.12 bits per heavy atom. The third kappa shape index (κ3) is 2.90. The van der Waals surface area contributed by atoms with Gasteiger partial charge in [0.05, 0.1) is 12.8 Å². The Labute approximate surface area is 154 Å². The summed E-state index contributed by atoms with van der Waals surface area (Å²) in [7, 11) is 3.89. The lowest BCUT2D eigenvalue weighted by molar-refractivity contribution is 0.295. The number of fused-ring (bicyclic) bond motifs is 1. The Bertz CT molecular complexity index is 908. The smallest absolute Gasteiger partial charge is 0.141 e. The first-order chi connectivity index (χ1) is 12.6. The standard InChI is InChI=1S/C22H24N2O2/c1-14-22(15(2)26-23-14)17-7-10-20-18(11-17)12-24(3)13-21(20)16-5-8-19(25-4)9-6-16/h5-11,21H,12-13H2,1-4H3/t21-/m1/s1. The van der Waals surface area contributed by atoms with Gasteiger partial charge in [-0.2, -0.15) is 0 Å². The van der Waals surface area contributed by atoms with Crippen LogP contribution in [-0.2, 0) is 6.54 Å². The van der Waals surface area contributed by atoms with Gasteiger partial charge in [0.1, 0.15) is 11.5 Å². The quantitative estimate of drug-likeness (QED) is 0.696. The van der Waals surface area contributed by atoms with Crippen LogP contribution in [0.4, 0.5) is 0 Å². The first-order valence-corrected chi connectivity index (χ1v) is 8.95. The fraction of sp³-hybridized carbons (Fsp3) is 0.318. The van der Waals surface area contributed by atoms with Gasteiger partial charge in [0.15, 0.2) is 0 Å². The summed E-state index contributed by atoms with van der Waals surface area (Å²) >= 11 is 0. The molecule has 2 aromatic carbocycles. The highest BCUT2D eigenvalue weighted by Gasteiger charge is 2.25. The summed E-state index contributed by atoms with van der Waals surface area (Å²) in [5.41, 5.74) is 7.34. The topological polar surface area (TPSA) is 38.5 Å². The Morgan fingerprint density at radius 2 is 1.88 bits per heavy atom. The molecule has 0 saturated carbocycles. The van der Waals surface area contributed by atoms with E-state index in [9.17, 15) is 0 Å². The van der Waals surface area contributed by atoms with Gasteiger partial charge in [0, 0.05) is 24.6 Å².